The zero-order chi connectivity index (χ0) is 12.0. The van der Waals surface area contributed by atoms with Crippen LogP contribution in [-0.2, 0) is 4.79 Å². The van der Waals surface area contributed by atoms with Gasteiger partial charge in [0.1, 0.15) is 0 Å². The SMILES string of the molecule is CC.CC1CC(C)CN(C(=O)C(C)C)C1. The molecule has 1 amide bonds. The number of carbonyl (C=O) groups excluding carboxylic acids is 1. The molecule has 0 spiro atoms. The lowest BCUT2D eigenvalue weighted by Crippen LogP contribution is -2.44. The zero-order valence-corrected chi connectivity index (χ0v) is 11.2. The number of hydrogen-bond acceptors (Lipinski definition) is 1. The van der Waals surface area contributed by atoms with Gasteiger partial charge in [0.2, 0.25) is 5.91 Å². The minimum Gasteiger partial charge on any atom is -0.342 e. The van der Waals surface area contributed by atoms with Gasteiger partial charge >= 0.3 is 0 Å². The van der Waals surface area contributed by atoms with Gasteiger partial charge in [-0.05, 0) is 18.3 Å². The summed E-state index contributed by atoms with van der Waals surface area (Å²) < 4.78 is 0. The minimum atomic E-state index is 0.150. The Morgan fingerprint density at radius 2 is 1.53 bits per heavy atom. The van der Waals surface area contributed by atoms with E-state index in [2.05, 4.69) is 13.8 Å². The Morgan fingerprint density at radius 3 is 1.87 bits per heavy atom. The Balaban J connectivity index is 0.000000921. The van der Waals surface area contributed by atoms with Crippen LogP contribution in [0, 0.1) is 17.8 Å². The number of likely N-dealkylation sites (tertiary alicyclic amines) is 1. The van der Waals surface area contributed by atoms with Crippen LogP contribution in [0.3, 0.4) is 0 Å². The van der Waals surface area contributed by atoms with Crippen molar-refractivity contribution >= 4 is 5.91 Å². The van der Waals surface area contributed by atoms with Crippen molar-refractivity contribution in [2.45, 2.75) is 48.0 Å². The summed E-state index contributed by atoms with van der Waals surface area (Å²) in [7, 11) is 0. The maximum Gasteiger partial charge on any atom is 0.225 e. The summed E-state index contributed by atoms with van der Waals surface area (Å²) in [6.07, 6.45) is 1.27. The Hall–Kier alpha value is -0.530. The molecular formula is C13H27NO. The van der Waals surface area contributed by atoms with Crippen LogP contribution >= 0.6 is 0 Å². The first-order valence-electron chi connectivity index (χ1n) is 6.29. The van der Waals surface area contributed by atoms with E-state index in [9.17, 15) is 4.79 Å². The van der Waals surface area contributed by atoms with Crippen LogP contribution in [-0.4, -0.2) is 23.9 Å². The second kappa shape index (κ2) is 6.86. The molecule has 1 fully saturated rings. The number of hydrogen-bond donors (Lipinski definition) is 0. The van der Waals surface area contributed by atoms with Crippen LogP contribution in [0.5, 0.6) is 0 Å². The van der Waals surface area contributed by atoms with Gasteiger partial charge in [-0.15, -0.1) is 0 Å². The van der Waals surface area contributed by atoms with Crippen LogP contribution in [0.15, 0.2) is 0 Å². The molecule has 2 nitrogen and oxygen atoms in total. The molecule has 2 atom stereocenters. The normalized spacial score (nSPS) is 25.9. The summed E-state index contributed by atoms with van der Waals surface area (Å²) in [6.45, 7) is 14.3. The smallest absolute Gasteiger partial charge is 0.225 e. The van der Waals surface area contributed by atoms with E-state index < -0.39 is 0 Å². The average Bonchev–Trinajstić information content (AvgIpc) is 2.18. The third-order valence-electron chi connectivity index (χ3n) is 2.67. The van der Waals surface area contributed by atoms with Gasteiger partial charge in [0.05, 0.1) is 0 Å². The Labute approximate surface area is 95.0 Å². The van der Waals surface area contributed by atoms with Gasteiger partial charge in [-0.1, -0.05) is 41.5 Å². The fourth-order valence-electron chi connectivity index (χ4n) is 2.21. The number of amides is 1. The molecule has 0 aromatic carbocycles. The first kappa shape index (κ1) is 14.5. The molecule has 0 bridgehead atoms. The Kier molecular flexibility index (Phi) is 6.62. The van der Waals surface area contributed by atoms with Crippen molar-refractivity contribution in [2.75, 3.05) is 13.1 Å². The molecular weight excluding hydrogens is 186 g/mol. The van der Waals surface area contributed by atoms with Crippen molar-refractivity contribution in [3.63, 3.8) is 0 Å². The lowest BCUT2D eigenvalue weighted by atomic mass is 9.91. The highest BCUT2D eigenvalue weighted by molar-refractivity contribution is 5.78. The zero-order valence-electron chi connectivity index (χ0n) is 11.2. The molecule has 0 radical (unpaired) electrons. The second-order valence-corrected chi connectivity index (χ2v) is 4.84. The third kappa shape index (κ3) is 4.67. The van der Waals surface area contributed by atoms with Gasteiger partial charge in [-0.3, -0.25) is 4.79 Å². The van der Waals surface area contributed by atoms with Crippen molar-refractivity contribution in [1.82, 2.24) is 4.90 Å². The summed E-state index contributed by atoms with van der Waals surface area (Å²) >= 11 is 0. The van der Waals surface area contributed by atoms with Gasteiger partial charge in [0, 0.05) is 19.0 Å². The monoisotopic (exact) mass is 213 g/mol. The van der Waals surface area contributed by atoms with E-state index in [1.165, 1.54) is 6.42 Å². The number of carbonyl (C=O) groups is 1. The molecule has 1 rings (SSSR count). The molecule has 2 heteroatoms. The van der Waals surface area contributed by atoms with Crippen molar-refractivity contribution in [1.29, 1.82) is 0 Å². The summed E-state index contributed by atoms with van der Waals surface area (Å²) in [5.41, 5.74) is 0. The van der Waals surface area contributed by atoms with Crippen LogP contribution in [0.2, 0.25) is 0 Å². The van der Waals surface area contributed by atoms with Crippen LogP contribution in [0.1, 0.15) is 48.0 Å². The number of rotatable bonds is 1. The van der Waals surface area contributed by atoms with E-state index in [4.69, 9.17) is 0 Å². The summed E-state index contributed by atoms with van der Waals surface area (Å²) in [6, 6.07) is 0. The Bertz CT molecular complexity index is 179. The fourth-order valence-corrected chi connectivity index (χ4v) is 2.21. The van der Waals surface area contributed by atoms with Crippen LogP contribution < -0.4 is 0 Å². The van der Waals surface area contributed by atoms with Gasteiger partial charge < -0.3 is 4.90 Å². The average molecular weight is 213 g/mol. The molecule has 1 heterocycles. The highest BCUT2D eigenvalue weighted by atomic mass is 16.2. The van der Waals surface area contributed by atoms with Crippen molar-refractivity contribution < 1.29 is 4.79 Å². The van der Waals surface area contributed by atoms with Crippen molar-refractivity contribution in [3.8, 4) is 0 Å². The molecule has 90 valence electrons. The largest absolute Gasteiger partial charge is 0.342 e. The van der Waals surface area contributed by atoms with Gasteiger partial charge in [0.25, 0.3) is 0 Å². The van der Waals surface area contributed by atoms with E-state index in [1.807, 2.05) is 32.6 Å². The predicted molar refractivity (Wildman–Crippen MR) is 65.7 cm³/mol. The molecule has 0 aromatic rings. The third-order valence-corrected chi connectivity index (χ3v) is 2.67. The first-order chi connectivity index (χ1) is 7.00. The fraction of sp³-hybridized carbons (Fsp3) is 0.923. The summed E-state index contributed by atoms with van der Waals surface area (Å²) in [5, 5.41) is 0. The molecule has 1 aliphatic heterocycles. The molecule has 15 heavy (non-hydrogen) atoms. The van der Waals surface area contributed by atoms with Gasteiger partial charge in [0.15, 0.2) is 0 Å². The highest BCUT2D eigenvalue weighted by Crippen LogP contribution is 2.21. The topological polar surface area (TPSA) is 20.3 Å². The first-order valence-corrected chi connectivity index (χ1v) is 6.29. The molecule has 1 aliphatic rings. The quantitative estimate of drug-likeness (QED) is 0.655. The van der Waals surface area contributed by atoms with Gasteiger partial charge in [-0.2, -0.15) is 0 Å². The van der Waals surface area contributed by atoms with E-state index in [0.29, 0.717) is 17.7 Å². The second-order valence-electron chi connectivity index (χ2n) is 4.84. The summed E-state index contributed by atoms with van der Waals surface area (Å²) in [5.74, 6) is 1.81. The maximum absolute atomic E-state index is 11.7. The molecule has 0 aliphatic carbocycles. The lowest BCUT2D eigenvalue weighted by Gasteiger charge is -2.36. The number of piperidine rings is 1. The highest BCUT2D eigenvalue weighted by Gasteiger charge is 2.26. The van der Waals surface area contributed by atoms with E-state index in [-0.39, 0.29) is 5.92 Å². The van der Waals surface area contributed by atoms with E-state index >= 15 is 0 Å². The molecule has 2 unspecified atom stereocenters. The van der Waals surface area contributed by atoms with Gasteiger partial charge in [-0.25, -0.2) is 0 Å². The predicted octanol–water partition coefficient (Wildman–Crippen LogP) is 3.17. The molecule has 0 saturated carbocycles. The van der Waals surface area contributed by atoms with Crippen LogP contribution in [0.25, 0.3) is 0 Å². The summed E-state index contributed by atoms with van der Waals surface area (Å²) in [4.78, 5) is 13.7. The minimum absolute atomic E-state index is 0.150. The standard InChI is InChI=1S/C11H21NO.C2H6/c1-8(2)11(13)12-6-9(3)5-10(4)7-12;1-2/h8-10H,5-7H2,1-4H3;1-2H3. The van der Waals surface area contributed by atoms with Crippen LogP contribution in [0.4, 0.5) is 0 Å². The molecule has 0 aromatic heterocycles. The molecule has 1 saturated heterocycles. The van der Waals surface area contributed by atoms with E-state index in [0.717, 1.165) is 13.1 Å². The molecule has 0 N–H and O–H groups in total. The van der Waals surface area contributed by atoms with Crippen molar-refractivity contribution in [3.05, 3.63) is 0 Å². The number of nitrogens with zero attached hydrogens (tertiary/aromatic N) is 1. The van der Waals surface area contributed by atoms with E-state index in [1.54, 1.807) is 0 Å². The lowest BCUT2D eigenvalue weighted by molar-refractivity contribution is -0.137. The van der Waals surface area contributed by atoms with Crippen molar-refractivity contribution in [2.24, 2.45) is 17.8 Å². The maximum atomic E-state index is 11.7. The Morgan fingerprint density at radius 1 is 1.13 bits per heavy atom.